The summed E-state index contributed by atoms with van der Waals surface area (Å²) in [5.41, 5.74) is 1.41. The van der Waals surface area contributed by atoms with Gasteiger partial charge in [-0.3, -0.25) is 4.79 Å². The van der Waals surface area contributed by atoms with E-state index < -0.39 is 0 Å². The molecule has 1 saturated heterocycles. The summed E-state index contributed by atoms with van der Waals surface area (Å²) in [6, 6.07) is 5.37. The molecule has 1 aromatic rings. The van der Waals surface area contributed by atoms with Crippen LogP contribution in [0.2, 0.25) is 0 Å². The van der Waals surface area contributed by atoms with E-state index in [0.717, 1.165) is 31.2 Å². The summed E-state index contributed by atoms with van der Waals surface area (Å²) < 4.78 is 0. The number of aromatic hydroxyl groups is 1. The third-order valence-electron chi connectivity index (χ3n) is 3.96. The van der Waals surface area contributed by atoms with Gasteiger partial charge in [-0.2, -0.15) is 0 Å². The first-order valence-electron chi connectivity index (χ1n) is 7.21. The van der Waals surface area contributed by atoms with E-state index in [4.69, 9.17) is 0 Å². The van der Waals surface area contributed by atoms with Gasteiger partial charge in [0.25, 0.3) is 0 Å². The van der Waals surface area contributed by atoms with Gasteiger partial charge in [0.1, 0.15) is 5.75 Å². The van der Waals surface area contributed by atoms with E-state index in [1.807, 2.05) is 6.07 Å². The standard InChI is InChI=1S/C16H24N2O2/c1-12(19)15-5-4-14(10-16(15)20)18-8-6-13(7-9-18)11-17(2)3/h4-5,10,13,20H,6-9,11H2,1-3H3. The summed E-state index contributed by atoms with van der Waals surface area (Å²) >= 11 is 0. The van der Waals surface area contributed by atoms with Crippen LogP contribution in [-0.4, -0.2) is 49.5 Å². The Morgan fingerprint density at radius 2 is 2.00 bits per heavy atom. The van der Waals surface area contributed by atoms with Crippen molar-refractivity contribution in [2.75, 3.05) is 38.6 Å². The van der Waals surface area contributed by atoms with Gasteiger partial charge in [0.05, 0.1) is 5.56 Å². The average molecular weight is 276 g/mol. The first-order valence-corrected chi connectivity index (χ1v) is 7.21. The lowest BCUT2D eigenvalue weighted by Gasteiger charge is -2.34. The fourth-order valence-electron chi connectivity index (χ4n) is 2.90. The van der Waals surface area contributed by atoms with Gasteiger partial charge in [-0.05, 0) is 51.9 Å². The molecule has 0 amide bonds. The number of carbonyl (C=O) groups excluding carboxylic acids is 1. The van der Waals surface area contributed by atoms with Crippen molar-refractivity contribution in [3.05, 3.63) is 23.8 Å². The van der Waals surface area contributed by atoms with Gasteiger partial charge in [-0.15, -0.1) is 0 Å². The number of nitrogens with zero attached hydrogens (tertiary/aromatic N) is 2. The molecule has 1 aliphatic rings. The van der Waals surface area contributed by atoms with Crippen molar-refractivity contribution in [2.45, 2.75) is 19.8 Å². The number of Topliss-reactive ketones (excluding diaryl/α,β-unsaturated/α-hetero) is 1. The highest BCUT2D eigenvalue weighted by Crippen LogP contribution is 2.28. The van der Waals surface area contributed by atoms with Crippen LogP contribution in [0.1, 0.15) is 30.1 Å². The second-order valence-corrected chi connectivity index (χ2v) is 5.95. The minimum Gasteiger partial charge on any atom is -0.507 e. The molecule has 0 aliphatic carbocycles. The van der Waals surface area contributed by atoms with Crippen LogP contribution in [0.4, 0.5) is 5.69 Å². The van der Waals surface area contributed by atoms with Crippen molar-refractivity contribution in [3.8, 4) is 5.75 Å². The van der Waals surface area contributed by atoms with Crippen LogP contribution in [-0.2, 0) is 0 Å². The highest BCUT2D eigenvalue weighted by atomic mass is 16.3. The first kappa shape index (κ1) is 14.9. The van der Waals surface area contributed by atoms with Gasteiger partial charge < -0.3 is 14.9 Å². The van der Waals surface area contributed by atoms with Crippen molar-refractivity contribution >= 4 is 11.5 Å². The van der Waals surface area contributed by atoms with Crippen molar-refractivity contribution in [1.82, 2.24) is 4.90 Å². The summed E-state index contributed by atoms with van der Waals surface area (Å²) in [5, 5.41) is 9.91. The second-order valence-electron chi connectivity index (χ2n) is 5.95. The summed E-state index contributed by atoms with van der Waals surface area (Å²) in [7, 11) is 4.23. The molecule has 0 spiro atoms. The predicted molar refractivity (Wildman–Crippen MR) is 81.6 cm³/mol. The number of phenols is 1. The zero-order chi connectivity index (χ0) is 14.7. The minimum absolute atomic E-state index is 0.0883. The van der Waals surface area contributed by atoms with E-state index in [9.17, 15) is 9.90 Å². The first-order chi connectivity index (χ1) is 9.47. The predicted octanol–water partition coefficient (Wildman–Crippen LogP) is 2.37. The maximum Gasteiger partial charge on any atom is 0.163 e. The molecule has 1 heterocycles. The molecule has 4 nitrogen and oxygen atoms in total. The number of hydrogen-bond donors (Lipinski definition) is 1. The van der Waals surface area contributed by atoms with Crippen LogP contribution >= 0.6 is 0 Å². The maximum atomic E-state index is 11.3. The Balaban J connectivity index is 2.00. The van der Waals surface area contributed by atoms with Crippen LogP contribution in [0.3, 0.4) is 0 Å². The van der Waals surface area contributed by atoms with Crippen molar-refractivity contribution in [3.63, 3.8) is 0 Å². The fourth-order valence-corrected chi connectivity index (χ4v) is 2.90. The van der Waals surface area contributed by atoms with Gasteiger partial charge in [0, 0.05) is 31.4 Å². The molecule has 0 saturated carbocycles. The number of benzene rings is 1. The summed E-state index contributed by atoms with van der Waals surface area (Å²) in [6.45, 7) is 4.64. The Kier molecular flexibility index (Phi) is 4.65. The Labute approximate surface area is 121 Å². The van der Waals surface area contributed by atoms with E-state index in [1.54, 1.807) is 12.1 Å². The molecule has 0 radical (unpaired) electrons. The van der Waals surface area contributed by atoms with Crippen molar-refractivity contribution in [2.24, 2.45) is 5.92 Å². The van der Waals surface area contributed by atoms with Gasteiger partial charge in [0.15, 0.2) is 5.78 Å². The zero-order valence-electron chi connectivity index (χ0n) is 12.6. The number of ketones is 1. The highest BCUT2D eigenvalue weighted by Gasteiger charge is 2.20. The van der Waals surface area contributed by atoms with Gasteiger partial charge in [0.2, 0.25) is 0 Å². The molecular formula is C16H24N2O2. The molecule has 0 aromatic heterocycles. The molecule has 0 atom stereocenters. The van der Waals surface area contributed by atoms with Crippen LogP contribution in [0.15, 0.2) is 18.2 Å². The van der Waals surface area contributed by atoms with Crippen LogP contribution in [0.5, 0.6) is 5.75 Å². The Morgan fingerprint density at radius 1 is 1.35 bits per heavy atom. The molecule has 2 rings (SSSR count). The smallest absolute Gasteiger partial charge is 0.163 e. The van der Waals surface area contributed by atoms with Gasteiger partial charge in [-0.25, -0.2) is 0 Å². The quantitative estimate of drug-likeness (QED) is 0.858. The third kappa shape index (κ3) is 3.51. The number of hydrogen-bond acceptors (Lipinski definition) is 4. The summed E-state index contributed by atoms with van der Waals surface area (Å²) in [4.78, 5) is 15.9. The molecule has 1 N–H and O–H groups in total. The van der Waals surface area contributed by atoms with E-state index in [1.165, 1.54) is 19.8 Å². The number of carbonyl (C=O) groups is 1. The van der Waals surface area contributed by atoms with E-state index in [0.29, 0.717) is 5.56 Å². The molecule has 110 valence electrons. The van der Waals surface area contributed by atoms with Gasteiger partial charge in [-0.1, -0.05) is 0 Å². The molecule has 0 bridgehead atoms. The Bertz CT molecular complexity index is 477. The molecule has 1 fully saturated rings. The molecule has 1 aliphatic heterocycles. The zero-order valence-corrected chi connectivity index (χ0v) is 12.6. The largest absolute Gasteiger partial charge is 0.507 e. The van der Waals surface area contributed by atoms with Crippen LogP contribution in [0.25, 0.3) is 0 Å². The number of rotatable bonds is 4. The number of anilines is 1. The molecule has 20 heavy (non-hydrogen) atoms. The van der Waals surface area contributed by atoms with Crippen LogP contribution < -0.4 is 4.90 Å². The maximum absolute atomic E-state index is 11.3. The monoisotopic (exact) mass is 276 g/mol. The fraction of sp³-hybridized carbons (Fsp3) is 0.562. The summed E-state index contributed by atoms with van der Waals surface area (Å²) in [6.07, 6.45) is 2.35. The highest BCUT2D eigenvalue weighted by molar-refractivity contribution is 5.97. The minimum atomic E-state index is -0.0984. The number of phenolic OH excluding ortho intramolecular Hbond substituents is 1. The van der Waals surface area contributed by atoms with Crippen molar-refractivity contribution in [1.29, 1.82) is 0 Å². The lowest BCUT2D eigenvalue weighted by molar-refractivity contribution is 0.101. The SMILES string of the molecule is CC(=O)c1ccc(N2CCC(CN(C)C)CC2)cc1O. The van der Waals surface area contributed by atoms with Crippen molar-refractivity contribution < 1.29 is 9.90 Å². The van der Waals surface area contributed by atoms with Crippen LogP contribution in [0, 0.1) is 5.92 Å². The van der Waals surface area contributed by atoms with E-state index in [2.05, 4.69) is 23.9 Å². The number of piperidine rings is 1. The van der Waals surface area contributed by atoms with Gasteiger partial charge >= 0.3 is 0 Å². The molecule has 0 unspecified atom stereocenters. The average Bonchev–Trinajstić information content (AvgIpc) is 2.38. The second kappa shape index (κ2) is 6.27. The topological polar surface area (TPSA) is 43.8 Å². The normalized spacial score (nSPS) is 16.7. The lowest BCUT2D eigenvalue weighted by atomic mass is 9.96. The molecule has 1 aromatic carbocycles. The lowest BCUT2D eigenvalue weighted by Crippen LogP contribution is -2.37. The van der Waals surface area contributed by atoms with E-state index >= 15 is 0 Å². The molecule has 4 heteroatoms. The third-order valence-corrected chi connectivity index (χ3v) is 3.96. The Morgan fingerprint density at radius 3 is 2.50 bits per heavy atom. The summed E-state index contributed by atoms with van der Waals surface area (Å²) in [5.74, 6) is 0.746. The molecular weight excluding hydrogens is 252 g/mol. The van der Waals surface area contributed by atoms with E-state index in [-0.39, 0.29) is 11.5 Å². The Hall–Kier alpha value is -1.55.